The van der Waals surface area contributed by atoms with Crippen molar-refractivity contribution in [1.29, 1.82) is 0 Å². The number of rotatable bonds is 5. The highest BCUT2D eigenvalue weighted by Gasteiger charge is 2.21. The Morgan fingerprint density at radius 1 is 1.19 bits per heavy atom. The predicted molar refractivity (Wildman–Crippen MR) is 70.4 cm³/mol. The van der Waals surface area contributed by atoms with Crippen LogP contribution in [0.2, 0.25) is 0 Å². The van der Waals surface area contributed by atoms with Crippen molar-refractivity contribution in [3.05, 3.63) is 35.4 Å². The van der Waals surface area contributed by atoms with Crippen molar-refractivity contribution < 1.29 is 0 Å². The Balaban J connectivity index is 2.81. The quantitative estimate of drug-likeness (QED) is 0.800. The van der Waals surface area contributed by atoms with Gasteiger partial charge in [-0.15, -0.1) is 0 Å². The van der Waals surface area contributed by atoms with Crippen LogP contribution in [-0.2, 0) is 0 Å². The summed E-state index contributed by atoms with van der Waals surface area (Å²) in [5.74, 6) is 1.07. The molecule has 0 bridgehead atoms. The summed E-state index contributed by atoms with van der Waals surface area (Å²) in [5.41, 5.74) is 8.86. The first kappa shape index (κ1) is 13.2. The standard InChI is InChI=1S/C14H24N2/c1-10(2)13(9-16-4)14(15)12-7-5-11(3)6-8-12/h5-8,10,13-14,16H,9,15H2,1-4H3. The number of hydrogen-bond donors (Lipinski definition) is 2. The lowest BCUT2D eigenvalue weighted by Gasteiger charge is -2.27. The Bertz CT molecular complexity index is 303. The topological polar surface area (TPSA) is 38.0 Å². The molecule has 0 radical (unpaired) electrons. The number of benzene rings is 1. The van der Waals surface area contributed by atoms with Crippen molar-refractivity contribution >= 4 is 0 Å². The molecule has 90 valence electrons. The van der Waals surface area contributed by atoms with Gasteiger partial charge in [0, 0.05) is 6.04 Å². The van der Waals surface area contributed by atoms with E-state index < -0.39 is 0 Å². The van der Waals surface area contributed by atoms with Gasteiger partial charge >= 0.3 is 0 Å². The molecule has 0 fully saturated rings. The molecule has 16 heavy (non-hydrogen) atoms. The molecule has 0 aliphatic carbocycles. The van der Waals surface area contributed by atoms with Gasteiger partial charge in [0.1, 0.15) is 0 Å². The zero-order valence-electron chi connectivity index (χ0n) is 10.8. The van der Waals surface area contributed by atoms with Gasteiger partial charge < -0.3 is 11.1 Å². The van der Waals surface area contributed by atoms with Gasteiger partial charge in [0.05, 0.1) is 0 Å². The van der Waals surface area contributed by atoms with Crippen LogP contribution in [0.4, 0.5) is 0 Å². The van der Waals surface area contributed by atoms with Crippen molar-refractivity contribution in [2.75, 3.05) is 13.6 Å². The van der Waals surface area contributed by atoms with Crippen LogP contribution in [0.3, 0.4) is 0 Å². The van der Waals surface area contributed by atoms with Crippen molar-refractivity contribution in [3.8, 4) is 0 Å². The van der Waals surface area contributed by atoms with Gasteiger partial charge in [-0.05, 0) is 37.9 Å². The second kappa shape index (κ2) is 6.02. The van der Waals surface area contributed by atoms with Gasteiger partial charge in [-0.3, -0.25) is 0 Å². The van der Waals surface area contributed by atoms with E-state index in [1.165, 1.54) is 11.1 Å². The highest BCUT2D eigenvalue weighted by atomic mass is 14.8. The number of nitrogens with one attached hydrogen (secondary N) is 1. The monoisotopic (exact) mass is 220 g/mol. The second-order valence-electron chi connectivity index (χ2n) is 4.90. The summed E-state index contributed by atoms with van der Waals surface area (Å²) in [6.45, 7) is 7.53. The predicted octanol–water partition coefficient (Wildman–Crippen LogP) is 2.49. The molecule has 1 rings (SSSR count). The van der Waals surface area contributed by atoms with Crippen LogP contribution in [0, 0.1) is 18.8 Å². The lowest BCUT2D eigenvalue weighted by Crippen LogP contribution is -2.33. The zero-order chi connectivity index (χ0) is 12.1. The first-order valence-corrected chi connectivity index (χ1v) is 6.03. The Morgan fingerprint density at radius 2 is 1.75 bits per heavy atom. The van der Waals surface area contributed by atoms with Crippen molar-refractivity contribution in [1.82, 2.24) is 5.32 Å². The third-order valence-corrected chi connectivity index (χ3v) is 3.22. The van der Waals surface area contributed by atoms with Crippen LogP contribution in [0.25, 0.3) is 0 Å². The molecule has 2 heteroatoms. The van der Waals surface area contributed by atoms with Crippen molar-refractivity contribution in [2.45, 2.75) is 26.8 Å². The second-order valence-corrected chi connectivity index (χ2v) is 4.90. The summed E-state index contributed by atoms with van der Waals surface area (Å²) in [7, 11) is 1.98. The molecule has 2 unspecified atom stereocenters. The van der Waals surface area contributed by atoms with Crippen LogP contribution in [0.1, 0.15) is 31.0 Å². The molecule has 2 nitrogen and oxygen atoms in total. The maximum Gasteiger partial charge on any atom is 0.0338 e. The SMILES string of the molecule is CNCC(C(C)C)C(N)c1ccc(C)cc1. The Morgan fingerprint density at radius 3 is 2.19 bits per heavy atom. The molecule has 0 saturated carbocycles. The van der Waals surface area contributed by atoms with E-state index in [9.17, 15) is 0 Å². The first-order valence-electron chi connectivity index (χ1n) is 6.03. The Labute approximate surface area is 99.2 Å². The molecule has 1 aromatic rings. The fourth-order valence-corrected chi connectivity index (χ4v) is 2.05. The van der Waals surface area contributed by atoms with E-state index in [1.807, 2.05) is 7.05 Å². The fraction of sp³-hybridized carbons (Fsp3) is 0.571. The van der Waals surface area contributed by atoms with E-state index in [0.717, 1.165) is 6.54 Å². The Kier molecular flexibility index (Phi) is 4.97. The fourth-order valence-electron chi connectivity index (χ4n) is 2.05. The van der Waals surface area contributed by atoms with Crippen LogP contribution in [-0.4, -0.2) is 13.6 Å². The van der Waals surface area contributed by atoms with Gasteiger partial charge in [0.25, 0.3) is 0 Å². The smallest absolute Gasteiger partial charge is 0.0338 e. The maximum absolute atomic E-state index is 6.34. The lowest BCUT2D eigenvalue weighted by molar-refractivity contribution is 0.314. The number of aryl methyl sites for hydroxylation is 1. The lowest BCUT2D eigenvalue weighted by atomic mass is 9.85. The molecule has 0 aromatic heterocycles. The normalized spacial score (nSPS) is 15.1. The average molecular weight is 220 g/mol. The van der Waals surface area contributed by atoms with Gasteiger partial charge in [-0.1, -0.05) is 43.7 Å². The van der Waals surface area contributed by atoms with Crippen LogP contribution in [0.5, 0.6) is 0 Å². The largest absolute Gasteiger partial charge is 0.324 e. The molecular weight excluding hydrogens is 196 g/mol. The molecule has 0 saturated heterocycles. The van der Waals surface area contributed by atoms with Crippen molar-refractivity contribution in [2.24, 2.45) is 17.6 Å². The Hall–Kier alpha value is -0.860. The van der Waals surface area contributed by atoms with E-state index in [4.69, 9.17) is 5.73 Å². The third kappa shape index (κ3) is 3.32. The maximum atomic E-state index is 6.34. The van der Waals surface area contributed by atoms with E-state index in [-0.39, 0.29) is 6.04 Å². The number of nitrogens with two attached hydrogens (primary N) is 1. The van der Waals surface area contributed by atoms with E-state index in [0.29, 0.717) is 11.8 Å². The van der Waals surface area contributed by atoms with E-state index in [2.05, 4.69) is 50.4 Å². The summed E-state index contributed by atoms with van der Waals surface area (Å²) in [4.78, 5) is 0. The minimum atomic E-state index is 0.119. The number of hydrogen-bond acceptors (Lipinski definition) is 2. The molecule has 0 amide bonds. The van der Waals surface area contributed by atoms with Gasteiger partial charge in [0.15, 0.2) is 0 Å². The summed E-state index contributed by atoms with van der Waals surface area (Å²) < 4.78 is 0. The third-order valence-electron chi connectivity index (χ3n) is 3.22. The zero-order valence-corrected chi connectivity index (χ0v) is 10.8. The molecule has 0 spiro atoms. The van der Waals surface area contributed by atoms with Gasteiger partial charge in [-0.2, -0.15) is 0 Å². The molecule has 0 aliphatic heterocycles. The molecular formula is C14H24N2. The van der Waals surface area contributed by atoms with Gasteiger partial charge in [-0.25, -0.2) is 0 Å². The van der Waals surface area contributed by atoms with Crippen LogP contribution >= 0.6 is 0 Å². The molecule has 0 aliphatic rings. The summed E-state index contributed by atoms with van der Waals surface area (Å²) in [6.07, 6.45) is 0. The first-order chi connectivity index (χ1) is 7.56. The van der Waals surface area contributed by atoms with Crippen LogP contribution in [0.15, 0.2) is 24.3 Å². The molecule has 0 heterocycles. The summed E-state index contributed by atoms with van der Waals surface area (Å²) in [5, 5.41) is 3.23. The summed E-state index contributed by atoms with van der Waals surface area (Å²) in [6, 6.07) is 8.67. The minimum Gasteiger partial charge on any atom is -0.324 e. The minimum absolute atomic E-state index is 0.119. The highest BCUT2D eigenvalue weighted by Crippen LogP contribution is 2.25. The van der Waals surface area contributed by atoms with E-state index >= 15 is 0 Å². The molecule has 3 N–H and O–H groups in total. The highest BCUT2D eigenvalue weighted by molar-refractivity contribution is 5.24. The molecule has 1 aromatic carbocycles. The van der Waals surface area contributed by atoms with E-state index in [1.54, 1.807) is 0 Å². The molecule has 2 atom stereocenters. The average Bonchev–Trinajstić information content (AvgIpc) is 2.25. The van der Waals surface area contributed by atoms with Crippen molar-refractivity contribution in [3.63, 3.8) is 0 Å². The summed E-state index contributed by atoms with van der Waals surface area (Å²) >= 11 is 0. The van der Waals surface area contributed by atoms with Crippen LogP contribution < -0.4 is 11.1 Å². The van der Waals surface area contributed by atoms with Gasteiger partial charge in [0.2, 0.25) is 0 Å².